The first kappa shape index (κ1) is 17.8. The molecule has 1 heterocycles. The number of ether oxygens (including phenoxy) is 1. The van der Waals surface area contributed by atoms with Crippen LogP contribution in [-0.2, 0) is 4.79 Å². The summed E-state index contributed by atoms with van der Waals surface area (Å²) >= 11 is 1.36. The predicted octanol–water partition coefficient (Wildman–Crippen LogP) is 3.41. The average molecular weight is 360 g/mol. The van der Waals surface area contributed by atoms with Gasteiger partial charge in [-0.2, -0.15) is 0 Å². The first-order chi connectivity index (χ1) is 12.2. The normalized spacial score (nSPS) is 15.6. The number of hydrogen-bond acceptors (Lipinski definition) is 5. The van der Waals surface area contributed by atoms with Gasteiger partial charge in [0.05, 0.1) is 12.9 Å². The largest absolute Gasteiger partial charge is 0.497 e. The van der Waals surface area contributed by atoms with Crippen molar-refractivity contribution in [1.29, 1.82) is 0 Å². The Morgan fingerprint density at radius 2 is 1.96 bits per heavy atom. The van der Waals surface area contributed by atoms with E-state index in [1.807, 2.05) is 24.3 Å². The lowest BCUT2D eigenvalue weighted by molar-refractivity contribution is -0.119. The molecule has 1 aliphatic carbocycles. The molecule has 6 nitrogen and oxygen atoms in total. The second kappa shape index (κ2) is 8.89. The molecule has 0 unspecified atom stereocenters. The minimum absolute atomic E-state index is 0.0627. The number of carbonyl (C=O) groups is 1. The van der Waals surface area contributed by atoms with Crippen LogP contribution in [0.3, 0.4) is 0 Å². The molecule has 7 heteroatoms. The summed E-state index contributed by atoms with van der Waals surface area (Å²) in [5.74, 6) is 1.89. The van der Waals surface area contributed by atoms with Crippen molar-refractivity contribution in [2.24, 2.45) is 0 Å². The van der Waals surface area contributed by atoms with E-state index in [0.29, 0.717) is 22.8 Å². The summed E-state index contributed by atoms with van der Waals surface area (Å²) in [7, 11) is 1.64. The van der Waals surface area contributed by atoms with E-state index in [1.54, 1.807) is 7.11 Å². The summed E-state index contributed by atoms with van der Waals surface area (Å²) in [6, 6.07) is 7.94. The molecule has 0 atom stereocenters. The number of H-pyrrole nitrogens is 1. The van der Waals surface area contributed by atoms with Crippen LogP contribution in [0.15, 0.2) is 29.4 Å². The fourth-order valence-corrected chi connectivity index (χ4v) is 3.62. The lowest BCUT2D eigenvalue weighted by Gasteiger charge is -2.15. The van der Waals surface area contributed by atoms with Gasteiger partial charge in [-0.1, -0.05) is 37.4 Å². The van der Waals surface area contributed by atoms with Gasteiger partial charge >= 0.3 is 0 Å². The fourth-order valence-electron chi connectivity index (χ4n) is 3.01. The van der Waals surface area contributed by atoms with Crippen LogP contribution in [0, 0.1) is 0 Å². The third kappa shape index (κ3) is 5.22. The van der Waals surface area contributed by atoms with E-state index < -0.39 is 0 Å². The van der Waals surface area contributed by atoms with Crippen molar-refractivity contribution in [2.45, 2.75) is 49.7 Å². The lowest BCUT2D eigenvalue weighted by atomic mass is 10.1. The molecular weight excluding hydrogens is 336 g/mol. The number of amides is 1. The molecule has 1 aromatic heterocycles. The molecule has 1 aliphatic rings. The molecular formula is C18H24N4O2S. The van der Waals surface area contributed by atoms with Gasteiger partial charge in [0.25, 0.3) is 0 Å². The second-order valence-electron chi connectivity index (χ2n) is 6.24. The van der Waals surface area contributed by atoms with Gasteiger partial charge in [0, 0.05) is 11.6 Å². The van der Waals surface area contributed by atoms with Crippen LogP contribution in [0.2, 0.25) is 0 Å². The van der Waals surface area contributed by atoms with Crippen molar-refractivity contribution in [3.63, 3.8) is 0 Å². The Morgan fingerprint density at radius 3 is 2.64 bits per heavy atom. The van der Waals surface area contributed by atoms with Crippen molar-refractivity contribution in [3.05, 3.63) is 24.3 Å². The Bertz CT molecular complexity index is 679. The van der Waals surface area contributed by atoms with Crippen LogP contribution in [-0.4, -0.2) is 40.0 Å². The number of rotatable bonds is 6. The summed E-state index contributed by atoms with van der Waals surface area (Å²) < 4.78 is 5.15. The van der Waals surface area contributed by atoms with E-state index >= 15 is 0 Å². The van der Waals surface area contributed by atoms with E-state index in [1.165, 1.54) is 37.4 Å². The van der Waals surface area contributed by atoms with Crippen LogP contribution < -0.4 is 10.1 Å². The maximum Gasteiger partial charge on any atom is 0.230 e. The monoisotopic (exact) mass is 360 g/mol. The van der Waals surface area contributed by atoms with Crippen LogP contribution in [0.1, 0.15) is 38.5 Å². The zero-order valence-electron chi connectivity index (χ0n) is 14.5. The van der Waals surface area contributed by atoms with Crippen molar-refractivity contribution in [1.82, 2.24) is 20.5 Å². The third-order valence-corrected chi connectivity index (χ3v) is 5.23. The Morgan fingerprint density at radius 1 is 1.24 bits per heavy atom. The van der Waals surface area contributed by atoms with Gasteiger partial charge in [0.2, 0.25) is 11.1 Å². The molecule has 25 heavy (non-hydrogen) atoms. The third-order valence-electron chi connectivity index (χ3n) is 4.38. The highest BCUT2D eigenvalue weighted by Crippen LogP contribution is 2.22. The summed E-state index contributed by atoms with van der Waals surface area (Å²) in [6.07, 6.45) is 7.19. The van der Waals surface area contributed by atoms with E-state index in [2.05, 4.69) is 20.5 Å². The van der Waals surface area contributed by atoms with Crippen LogP contribution in [0.25, 0.3) is 11.4 Å². The van der Waals surface area contributed by atoms with E-state index in [0.717, 1.165) is 24.2 Å². The number of benzene rings is 1. The molecule has 2 N–H and O–H groups in total. The molecule has 0 spiro atoms. The van der Waals surface area contributed by atoms with Gasteiger partial charge in [-0.05, 0) is 37.1 Å². The molecule has 1 saturated carbocycles. The zero-order valence-corrected chi connectivity index (χ0v) is 15.3. The van der Waals surface area contributed by atoms with Gasteiger partial charge in [-0.3, -0.25) is 9.89 Å². The SMILES string of the molecule is COc1ccc(-c2nc(SCC(=O)NC3CCCCCC3)n[nH]2)cc1. The molecule has 1 fully saturated rings. The number of thioether (sulfide) groups is 1. The van der Waals surface area contributed by atoms with Crippen LogP contribution in [0.5, 0.6) is 5.75 Å². The van der Waals surface area contributed by atoms with Crippen LogP contribution >= 0.6 is 11.8 Å². The highest BCUT2D eigenvalue weighted by Gasteiger charge is 2.15. The van der Waals surface area contributed by atoms with Gasteiger partial charge < -0.3 is 10.1 Å². The standard InChI is InChI=1S/C18H24N4O2S/c1-24-15-10-8-13(9-11-15)17-20-18(22-21-17)25-12-16(23)19-14-6-4-2-3-5-7-14/h8-11,14H,2-7,12H2,1H3,(H,19,23)(H,20,21,22). The predicted molar refractivity (Wildman–Crippen MR) is 98.7 cm³/mol. The average Bonchev–Trinajstić information content (AvgIpc) is 2.97. The summed E-state index contributed by atoms with van der Waals surface area (Å²) in [4.78, 5) is 16.6. The number of aromatic amines is 1. The Labute approximate surface area is 152 Å². The summed E-state index contributed by atoms with van der Waals surface area (Å²) in [6.45, 7) is 0. The lowest BCUT2D eigenvalue weighted by Crippen LogP contribution is -2.35. The van der Waals surface area contributed by atoms with Gasteiger partial charge in [0.1, 0.15) is 5.75 Å². The zero-order chi connectivity index (χ0) is 17.5. The Balaban J connectivity index is 1.49. The second-order valence-corrected chi connectivity index (χ2v) is 7.18. The number of aromatic nitrogens is 3. The maximum atomic E-state index is 12.1. The first-order valence-electron chi connectivity index (χ1n) is 8.73. The maximum absolute atomic E-state index is 12.1. The van der Waals surface area contributed by atoms with Crippen molar-refractivity contribution >= 4 is 17.7 Å². The number of methoxy groups -OCH3 is 1. The summed E-state index contributed by atoms with van der Waals surface area (Å²) in [5.41, 5.74) is 0.933. The quantitative estimate of drug-likeness (QED) is 0.609. The molecule has 0 saturated heterocycles. The molecule has 2 aromatic rings. The van der Waals surface area contributed by atoms with Gasteiger partial charge in [0.15, 0.2) is 5.82 Å². The molecule has 0 bridgehead atoms. The molecule has 1 amide bonds. The van der Waals surface area contributed by atoms with Crippen LogP contribution in [0.4, 0.5) is 0 Å². The molecule has 134 valence electrons. The Hall–Kier alpha value is -2.02. The summed E-state index contributed by atoms with van der Waals surface area (Å²) in [5, 5.41) is 10.8. The highest BCUT2D eigenvalue weighted by molar-refractivity contribution is 7.99. The number of nitrogens with zero attached hydrogens (tertiary/aromatic N) is 2. The number of nitrogens with one attached hydrogen (secondary N) is 2. The van der Waals surface area contributed by atoms with Crippen molar-refractivity contribution < 1.29 is 9.53 Å². The smallest absolute Gasteiger partial charge is 0.230 e. The Kier molecular flexibility index (Phi) is 6.33. The minimum atomic E-state index is 0.0627. The highest BCUT2D eigenvalue weighted by atomic mass is 32.2. The van der Waals surface area contributed by atoms with Crippen molar-refractivity contribution in [3.8, 4) is 17.1 Å². The first-order valence-corrected chi connectivity index (χ1v) is 9.72. The van der Waals surface area contributed by atoms with E-state index in [-0.39, 0.29) is 5.91 Å². The van der Waals surface area contributed by atoms with Gasteiger partial charge in [-0.25, -0.2) is 4.98 Å². The molecule has 0 radical (unpaired) electrons. The van der Waals surface area contributed by atoms with Crippen molar-refractivity contribution in [2.75, 3.05) is 12.9 Å². The molecule has 0 aliphatic heterocycles. The van der Waals surface area contributed by atoms with E-state index in [9.17, 15) is 4.79 Å². The minimum Gasteiger partial charge on any atom is -0.497 e. The fraction of sp³-hybridized carbons (Fsp3) is 0.500. The number of carbonyl (C=O) groups excluding carboxylic acids is 1. The molecule has 1 aromatic carbocycles. The van der Waals surface area contributed by atoms with E-state index in [4.69, 9.17) is 4.74 Å². The topological polar surface area (TPSA) is 79.9 Å². The molecule has 3 rings (SSSR count). The van der Waals surface area contributed by atoms with Gasteiger partial charge in [-0.15, -0.1) is 5.10 Å². The number of hydrogen-bond donors (Lipinski definition) is 2.